The van der Waals surface area contributed by atoms with Crippen molar-refractivity contribution in [2.45, 2.75) is 31.4 Å². The highest BCUT2D eigenvalue weighted by Crippen LogP contribution is 2.40. The van der Waals surface area contributed by atoms with Crippen LogP contribution in [0.3, 0.4) is 0 Å². The monoisotopic (exact) mass is 181 g/mol. The van der Waals surface area contributed by atoms with Crippen LogP contribution in [0.25, 0.3) is 0 Å². The Morgan fingerprint density at radius 2 is 2.23 bits per heavy atom. The summed E-state index contributed by atoms with van der Waals surface area (Å²) in [4.78, 5) is 13.2. The Morgan fingerprint density at radius 1 is 1.54 bits per heavy atom. The topological polar surface area (TPSA) is 40.5 Å². The lowest BCUT2D eigenvalue weighted by Gasteiger charge is -2.22. The van der Waals surface area contributed by atoms with Crippen LogP contribution >= 0.6 is 0 Å². The lowest BCUT2D eigenvalue weighted by atomic mass is 10.1. The number of carbonyl (C=O) groups excluding carboxylic acids is 1. The highest BCUT2D eigenvalue weighted by atomic mass is 16.3. The molecule has 0 aromatic carbocycles. The molecule has 1 N–H and O–H groups in total. The number of hydrogen-bond donors (Lipinski definition) is 1. The van der Waals surface area contributed by atoms with Crippen molar-refractivity contribution in [2.75, 3.05) is 6.54 Å². The van der Waals surface area contributed by atoms with Crippen LogP contribution in [0, 0.1) is 5.92 Å². The molecule has 1 saturated heterocycles. The van der Waals surface area contributed by atoms with E-state index in [1.807, 2.05) is 0 Å². The number of rotatable bonds is 2. The molecule has 72 valence electrons. The summed E-state index contributed by atoms with van der Waals surface area (Å²) in [7, 11) is 0. The van der Waals surface area contributed by atoms with Crippen LogP contribution in [0.1, 0.15) is 19.3 Å². The summed E-state index contributed by atoms with van der Waals surface area (Å²) in [5.41, 5.74) is 0. The Bertz CT molecular complexity index is 235. The largest absolute Gasteiger partial charge is 0.391 e. The van der Waals surface area contributed by atoms with Gasteiger partial charge in [0.2, 0.25) is 5.91 Å². The molecule has 0 aromatic rings. The summed E-state index contributed by atoms with van der Waals surface area (Å²) in [6, 6.07) is 0.278. The van der Waals surface area contributed by atoms with E-state index >= 15 is 0 Å². The summed E-state index contributed by atoms with van der Waals surface area (Å²) in [6.07, 6.45) is 4.18. The van der Waals surface area contributed by atoms with E-state index in [0.717, 1.165) is 6.42 Å². The van der Waals surface area contributed by atoms with Gasteiger partial charge < -0.3 is 10.0 Å². The number of amides is 1. The van der Waals surface area contributed by atoms with Crippen molar-refractivity contribution < 1.29 is 9.90 Å². The molecular weight excluding hydrogens is 166 g/mol. The Hall–Kier alpha value is -0.830. The molecule has 0 aromatic heterocycles. The quantitative estimate of drug-likeness (QED) is 0.632. The van der Waals surface area contributed by atoms with E-state index in [2.05, 4.69) is 6.58 Å². The molecule has 2 atom stereocenters. The van der Waals surface area contributed by atoms with Crippen molar-refractivity contribution >= 4 is 5.91 Å². The molecule has 3 heteroatoms. The summed E-state index contributed by atoms with van der Waals surface area (Å²) in [5.74, 6) is 0.606. The third-order valence-corrected chi connectivity index (χ3v) is 2.95. The summed E-state index contributed by atoms with van der Waals surface area (Å²) < 4.78 is 0. The number of β-amino-alcohol motifs (C(OH)–C–C–N with tert-alkyl or cyclic N) is 1. The molecule has 3 nitrogen and oxygen atoms in total. The van der Waals surface area contributed by atoms with Crippen LogP contribution in [0.5, 0.6) is 0 Å². The van der Waals surface area contributed by atoms with E-state index in [0.29, 0.717) is 12.5 Å². The molecule has 1 saturated carbocycles. The number of aliphatic hydroxyl groups is 1. The van der Waals surface area contributed by atoms with Crippen LogP contribution in [0.2, 0.25) is 0 Å². The third-order valence-electron chi connectivity index (χ3n) is 2.95. The Balaban J connectivity index is 2.06. The fourth-order valence-corrected chi connectivity index (χ4v) is 2.14. The van der Waals surface area contributed by atoms with Gasteiger partial charge in [-0.3, -0.25) is 4.79 Å². The Labute approximate surface area is 78.0 Å². The maximum absolute atomic E-state index is 11.4. The second-order valence-electron chi connectivity index (χ2n) is 3.99. The lowest BCUT2D eigenvalue weighted by Crippen LogP contribution is -2.35. The average molecular weight is 181 g/mol. The number of nitrogens with zero attached hydrogens (tertiary/aromatic N) is 1. The Kier molecular flexibility index (Phi) is 2.12. The molecule has 13 heavy (non-hydrogen) atoms. The molecule has 1 aliphatic carbocycles. The minimum atomic E-state index is -0.325. The lowest BCUT2D eigenvalue weighted by molar-refractivity contribution is -0.127. The molecule has 0 radical (unpaired) electrons. The number of carbonyl (C=O) groups is 1. The smallest absolute Gasteiger partial charge is 0.246 e. The van der Waals surface area contributed by atoms with Gasteiger partial charge in [-0.25, -0.2) is 0 Å². The molecule has 1 heterocycles. The molecule has 2 aliphatic rings. The maximum Gasteiger partial charge on any atom is 0.246 e. The maximum atomic E-state index is 11.4. The zero-order chi connectivity index (χ0) is 9.42. The van der Waals surface area contributed by atoms with Crippen molar-refractivity contribution in [1.82, 2.24) is 4.90 Å². The van der Waals surface area contributed by atoms with Crippen LogP contribution in [-0.2, 0) is 4.79 Å². The molecule has 2 fully saturated rings. The van der Waals surface area contributed by atoms with E-state index in [1.54, 1.807) is 4.90 Å². The van der Waals surface area contributed by atoms with Crippen LogP contribution in [-0.4, -0.2) is 34.6 Å². The molecule has 0 bridgehead atoms. The van der Waals surface area contributed by atoms with E-state index in [-0.39, 0.29) is 18.1 Å². The number of hydrogen-bond acceptors (Lipinski definition) is 2. The van der Waals surface area contributed by atoms with Gasteiger partial charge in [0.05, 0.1) is 6.10 Å². The second kappa shape index (κ2) is 3.14. The van der Waals surface area contributed by atoms with Gasteiger partial charge in [0, 0.05) is 12.6 Å². The fourth-order valence-electron chi connectivity index (χ4n) is 2.14. The minimum absolute atomic E-state index is 0.0338. The van der Waals surface area contributed by atoms with Gasteiger partial charge in [0.25, 0.3) is 0 Å². The highest BCUT2D eigenvalue weighted by molar-refractivity contribution is 5.87. The van der Waals surface area contributed by atoms with Crippen LogP contribution in [0.15, 0.2) is 12.7 Å². The molecule has 2 unspecified atom stereocenters. The van der Waals surface area contributed by atoms with Crippen molar-refractivity contribution in [3.05, 3.63) is 12.7 Å². The van der Waals surface area contributed by atoms with Crippen molar-refractivity contribution in [2.24, 2.45) is 5.92 Å². The molecule has 2 rings (SSSR count). The first kappa shape index (κ1) is 8.75. The normalized spacial score (nSPS) is 33.5. The SMILES string of the molecule is C=CC(=O)N1CC(O)CC1C1CC1. The van der Waals surface area contributed by atoms with Crippen LogP contribution < -0.4 is 0 Å². The molecule has 1 amide bonds. The first-order chi connectivity index (χ1) is 6.22. The van der Waals surface area contributed by atoms with E-state index in [4.69, 9.17) is 0 Å². The van der Waals surface area contributed by atoms with E-state index in [1.165, 1.54) is 18.9 Å². The zero-order valence-electron chi connectivity index (χ0n) is 7.65. The average Bonchev–Trinajstić information content (AvgIpc) is 2.89. The molecular formula is C10H15NO2. The van der Waals surface area contributed by atoms with E-state index in [9.17, 15) is 9.90 Å². The molecule has 0 spiro atoms. The van der Waals surface area contributed by atoms with Crippen molar-refractivity contribution in [1.29, 1.82) is 0 Å². The highest BCUT2D eigenvalue weighted by Gasteiger charge is 2.42. The predicted molar refractivity (Wildman–Crippen MR) is 49.0 cm³/mol. The predicted octanol–water partition coefficient (Wildman–Crippen LogP) is 0.544. The van der Waals surface area contributed by atoms with Crippen molar-refractivity contribution in [3.8, 4) is 0 Å². The van der Waals surface area contributed by atoms with Crippen LogP contribution in [0.4, 0.5) is 0 Å². The minimum Gasteiger partial charge on any atom is -0.391 e. The van der Waals surface area contributed by atoms with Gasteiger partial charge in [-0.15, -0.1) is 0 Å². The second-order valence-corrected chi connectivity index (χ2v) is 3.99. The van der Waals surface area contributed by atoms with Gasteiger partial charge in [0.1, 0.15) is 0 Å². The van der Waals surface area contributed by atoms with Gasteiger partial charge in [-0.05, 0) is 31.3 Å². The fraction of sp³-hybridized carbons (Fsp3) is 0.700. The van der Waals surface area contributed by atoms with E-state index < -0.39 is 0 Å². The van der Waals surface area contributed by atoms with Gasteiger partial charge in [-0.2, -0.15) is 0 Å². The number of likely N-dealkylation sites (tertiary alicyclic amines) is 1. The molecule has 1 aliphatic heterocycles. The Morgan fingerprint density at radius 3 is 2.77 bits per heavy atom. The van der Waals surface area contributed by atoms with Gasteiger partial charge in [0.15, 0.2) is 0 Å². The van der Waals surface area contributed by atoms with Crippen molar-refractivity contribution in [3.63, 3.8) is 0 Å². The third kappa shape index (κ3) is 1.61. The first-order valence-electron chi connectivity index (χ1n) is 4.83. The number of aliphatic hydroxyl groups excluding tert-OH is 1. The van der Waals surface area contributed by atoms with Gasteiger partial charge in [-0.1, -0.05) is 6.58 Å². The summed E-state index contributed by atoms with van der Waals surface area (Å²) >= 11 is 0. The summed E-state index contributed by atoms with van der Waals surface area (Å²) in [5, 5.41) is 9.46. The standard InChI is InChI=1S/C10H15NO2/c1-2-10(13)11-6-8(12)5-9(11)7-3-4-7/h2,7-9,12H,1,3-6H2. The summed E-state index contributed by atoms with van der Waals surface area (Å²) in [6.45, 7) is 3.96. The van der Waals surface area contributed by atoms with Gasteiger partial charge >= 0.3 is 0 Å². The first-order valence-corrected chi connectivity index (χ1v) is 4.83. The zero-order valence-corrected chi connectivity index (χ0v) is 7.65.